The van der Waals surface area contributed by atoms with E-state index in [4.69, 9.17) is 14.2 Å². The van der Waals surface area contributed by atoms with Gasteiger partial charge >= 0.3 is 12.1 Å². The molecular weight excluding hydrogens is 601 g/mol. The molecule has 2 heterocycles. The lowest BCUT2D eigenvalue weighted by Gasteiger charge is -2.40. The van der Waals surface area contributed by atoms with Gasteiger partial charge in [-0.25, -0.2) is 17.2 Å². The summed E-state index contributed by atoms with van der Waals surface area (Å²) in [7, 11) is -3.46. The second kappa shape index (κ2) is 11.3. The molecule has 3 aromatic carbocycles. The van der Waals surface area contributed by atoms with Crippen molar-refractivity contribution in [2.75, 3.05) is 31.2 Å². The molecule has 1 atom stereocenters. The van der Waals surface area contributed by atoms with Gasteiger partial charge in [-0.3, -0.25) is 9.10 Å². The highest BCUT2D eigenvalue weighted by atomic mass is 32.2. The van der Waals surface area contributed by atoms with Gasteiger partial charge in [-0.05, 0) is 54.8 Å². The Hall–Kier alpha value is -3.91. The van der Waals surface area contributed by atoms with Crippen LogP contribution in [0.3, 0.4) is 0 Å². The first-order valence-electron chi connectivity index (χ1n) is 13.1. The molecule has 2 aliphatic rings. The summed E-state index contributed by atoms with van der Waals surface area (Å²) in [6.45, 7) is -0.109. The van der Waals surface area contributed by atoms with Crippen molar-refractivity contribution in [1.82, 2.24) is 0 Å². The monoisotopic (exact) mass is 627 g/mol. The average molecular weight is 628 g/mol. The molecular formula is C29H26F5NO7S. The number of hydrogen-bond acceptors (Lipinski definition) is 6. The predicted molar refractivity (Wildman–Crippen MR) is 143 cm³/mol. The molecule has 0 amide bonds. The Morgan fingerprint density at radius 1 is 1.09 bits per heavy atom. The third kappa shape index (κ3) is 5.85. The smallest absolute Gasteiger partial charge is 0.416 e. The van der Waals surface area contributed by atoms with Crippen LogP contribution < -0.4 is 13.8 Å². The lowest BCUT2D eigenvalue weighted by Crippen LogP contribution is -2.48. The Labute approximate surface area is 243 Å². The minimum absolute atomic E-state index is 0.00758. The minimum atomic E-state index is -4.82. The zero-order chi connectivity index (χ0) is 31.2. The molecule has 0 aliphatic carbocycles. The maximum absolute atomic E-state index is 14.9. The van der Waals surface area contributed by atoms with Crippen LogP contribution in [0, 0.1) is 17.0 Å². The average Bonchev–Trinajstić information content (AvgIpc) is 2.98. The summed E-state index contributed by atoms with van der Waals surface area (Å²) in [4.78, 5) is 11.6. The molecule has 230 valence electrons. The van der Waals surface area contributed by atoms with Crippen molar-refractivity contribution < 1.29 is 54.5 Å². The number of sulfonamides is 1. The van der Waals surface area contributed by atoms with Gasteiger partial charge in [-0.2, -0.15) is 13.2 Å². The Morgan fingerprint density at radius 3 is 2.47 bits per heavy atom. The van der Waals surface area contributed by atoms with Crippen LogP contribution in [0.25, 0.3) is 11.1 Å². The summed E-state index contributed by atoms with van der Waals surface area (Å²) in [6, 6.07) is 9.13. The van der Waals surface area contributed by atoms with Gasteiger partial charge in [0, 0.05) is 31.3 Å². The second-order valence-electron chi connectivity index (χ2n) is 10.4. The molecule has 3 aromatic rings. The highest BCUT2D eigenvalue weighted by molar-refractivity contribution is 7.92. The molecule has 1 N–H and O–H groups in total. The maximum Gasteiger partial charge on any atom is 0.416 e. The first-order chi connectivity index (χ1) is 20.2. The number of carboxylic acid groups (broad SMARTS) is 1. The van der Waals surface area contributed by atoms with Gasteiger partial charge in [-0.15, -0.1) is 0 Å². The third-order valence-corrected chi connectivity index (χ3v) is 9.49. The number of rotatable bonds is 7. The Morgan fingerprint density at radius 2 is 1.81 bits per heavy atom. The van der Waals surface area contributed by atoms with E-state index < -0.39 is 62.3 Å². The number of benzene rings is 3. The van der Waals surface area contributed by atoms with E-state index in [1.165, 1.54) is 31.4 Å². The van der Waals surface area contributed by atoms with Crippen molar-refractivity contribution in [3.8, 4) is 22.6 Å². The molecule has 0 aromatic heterocycles. The first-order valence-corrected chi connectivity index (χ1v) is 14.5. The van der Waals surface area contributed by atoms with Crippen LogP contribution in [0.1, 0.15) is 24.8 Å². The number of hydrogen-bond donors (Lipinski definition) is 1. The highest BCUT2D eigenvalue weighted by Gasteiger charge is 2.45. The van der Waals surface area contributed by atoms with Crippen LogP contribution in [-0.2, 0) is 25.7 Å². The van der Waals surface area contributed by atoms with Crippen LogP contribution >= 0.6 is 0 Å². The van der Waals surface area contributed by atoms with E-state index in [0.29, 0.717) is 6.07 Å². The largest absolute Gasteiger partial charge is 0.497 e. The van der Waals surface area contributed by atoms with Crippen LogP contribution in [0.2, 0.25) is 0 Å². The molecule has 2 aliphatic heterocycles. The molecule has 1 unspecified atom stereocenters. The second-order valence-corrected chi connectivity index (χ2v) is 12.2. The Balaban J connectivity index is 1.63. The summed E-state index contributed by atoms with van der Waals surface area (Å²) in [5.74, 6) is -3.60. The quantitative estimate of drug-likeness (QED) is 0.326. The van der Waals surface area contributed by atoms with Gasteiger partial charge in [0.2, 0.25) is 0 Å². The number of fused-ring (bicyclic) bond motifs is 1. The summed E-state index contributed by atoms with van der Waals surface area (Å²) in [6.07, 6.45) is -5.66. The first kappa shape index (κ1) is 30.5. The van der Waals surface area contributed by atoms with Crippen LogP contribution in [-0.4, -0.2) is 52.5 Å². The van der Waals surface area contributed by atoms with E-state index in [1.807, 2.05) is 0 Å². The fourth-order valence-corrected chi connectivity index (χ4v) is 6.91. The fourth-order valence-electron chi connectivity index (χ4n) is 5.37. The molecule has 0 radical (unpaired) electrons. The third-order valence-electron chi connectivity index (χ3n) is 7.71. The predicted octanol–water partition coefficient (Wildman–Crippen LogP) is 5.89. The molecule has 0 saturated carbocycles. The van der Waals surface area contributed by atoms with E-state index in [9.17, 15) is 40.3 Å². The molecule has 5 rings (SSSR count). The number of anilines is 1. The normalized spacial score (nSPS) is 18.5. The summed E-state index contributed by atoms with van der Waals surface area (Å²) < 4.78 is 115. The van der Waals surface area contributed by atoms with Gasteiger partial charge < -0.3 is 19.3 Å². The molecule has 0 spiro atoms. The lowest BCUT2D eigenvalue weighted by molar-refractivity contribution is -0.157. The van der Waals surface area contributed by atoms with Crippen LogP contribution in [0.5, 0.6) is 11.5 Å². The lowest BCUT2D eigenvalue weighted by atomic mass is 9.75. The topological polar surface area (TPSA) is 102 Å². The molecule has 43 heavy (non-hydrogen) atoms. The number of alkyl halides is 3. The van der Waals surface area contributed by atoms with E-state index in [-0.39, 0.29) is 60.8 Å². The van der Waals surface area contributed by atoms with E-state index in [2.05, 4.69) is 0 Å². The molecule has 14 heteroatoms. The number of nitrogens with zero attached hydrogens (tertiary/aromatic N) is 1. The van der Waals surface area contributed by atoms with E-state index in [1.54, 1.807) is 0 Å². The van der Waals surface area contributed by atoms with Crippen molar-refractivity contribution in [2.24, 2.45) is 5.41 Å². The van der Waals surface area contributed by atoms with Gasteiger partial charge in [0.15, 0.2) is 11.6 Å². The van der Waals surface area contributed by atoms with Crippen molar-refractivity contribution >= 4 is 21.7 Å². The van der Waals surface area contributed by atoms with Gasteiger partial charge in [0.25, 0.3) is 10.0 Å². The van der Waals surface area contributed by atoms with Gasteiger partial charge in [-0.1, -0.05) is 12.1 Å². The Bertz CT molecular complexity index is 1660. The molecule has 0 bridgehead atoms. The zero-order valence-electron chi connectivity index (χ0n) is 22.7. The minimum Gasteiger partial charge on any atom is -0.497 e. The van der Waals surface area contributed by atoms with Crippen LogP contribution in [0.4, 0.5) is 27.6 Å². The van der Waals surface area contributed by atoms with Crippen molar-refractivity contribution in [3.63, 3.8) is 0 Å². The number of methoxy groups -OCH3 is 1. The SMILES string of the molecule is COc1cc(F)c(F)c(-c2ccc3c(c2)N(S(=O)(=O)c2cccc(C(F)(F)F)c2)CC(CC2(C(=O)O)CCOCC2)O3)c1. The summed E-state index contributed by atoms with van der Waals surface area (Å²) >= 11 is 0. The number of ether oxygens (including phenoxy) is 3. The van der Waals surface area contributed by atoms with Crippen molar-refractivity contribution in [2.45, 2.75) is 36.4 Å². The fraction of sp³-hybridized carbons (Fsp3) is 0.345. The van der Waals surface area contributed by atoms with E-state index in [0.717, 1.165) is 28.6 Å². The highest BCUT2D eigenvalue weighted by Crippen LogP contribution is 2.45. The standard InChI is InChI=1S/C29H26F5NO7S/c1-40-19-13-22(26(31)23(30)14-19)17-5-6-25-24(11-17)35(43(38,39)21-4-2-3-18(12-21)29(32,33)34)16-20(42-25)15-28(27(36)37)7-9-41-10-8-28/h2-6,11-14,20H,7-10,15-16H2,1H3,(H,36,37). The van der Waals surface area contributed by atoms with E-state index >= 15 is 0 Å². The number of aliphatic carboxylic acids is 1. The van der Waals surface area contributed by atoms with Gasteiger partial charge in [0.1, 0.15) is 17.6 Å². The van der Waals surface area contributed by atoms with Gasteiger partial charge in [0.05, 0.1) is 35.2 Å². The summed E-state index contributed by atoms with van der Waals surface area (Å²) in [5.41, 5.74) is -2.84. The Kier molecular flexibility index (Phi) is 8.03. The maximum atomic E-state index is 14.9. The number of halogens is 5. The van der Waals surface area contributed by atoms with Crippen molar-refractivity contribution in [3.05, 3.63) is 71.8 Å². The molecule has 1 saturated heterocycles. The number of carboxylic acids is 1. The van der Waals surface area contributed by atoms with Crippen molar-refractivity contribution in [1.29, 1.82) is 0 Å². The number of carbonyl (C=O) groups is 1. The summed E-state index contributed by atoms with van der Waals surface area (Å²) in [5, 5.41) is 10.1. The molecule has 1 fully saturated rings. The van der Waals surface area contributed by atoms with Crippen LogP contribution in [0.15, 0.2) is 59.5 Å². The molecule has 8 nitrogen and oxygen atoms in total. The zero-order valence-corrected chi connectivity index (χ0v) is 23.5.